The Labute approximate surface area is 157 Å². The van der Waals surface area contributed by atoms with Gasteiger partial charge in [-0.25, -0.2) is 0 Å². The van der Waals surface area contributed by atoms with Crippen LogP contribution in [-0.2, 0) is 6.42 Å². The molecule has 3 aliphatic heterocycles. The molecule has 0 aliphatic carbocycles. The Morgan fingerprint density at radius 2 is 2.07 bits per heavy atom. The smallest absolute Gasteiger partial charge is 0.270 e. The van der Waals surface area contributed by atoms with E-state index in [-0.39, 0.29) is 10.6 Å². The highest BCUT2D eigenvalue weighted by atomic mass is 16.6. The molecular formula is C21H21N3O3. The summed E-state index contributed by atoms with van der Waals surface area (Å²) in [5.74, 6) is 1.89. The minimum absolute atomic E-state index is 0.107. The molecule has 0 amide bonds. The molecule has 0 radical (unpaired) electrons. The van der Waals surface area contributed by atoms with Crippen molar-refractivity contribution in [2.24, 2.45) is 5.92 Å². The first-order valence-corrected chi connectivity index (χ1v) is 9.50. The van der Waals surface area contributed by atoms with Crippen LogP contribution in [0.15, 0.2) is 53.2 Å². The van der Waals surface area contributed by atoms with Gasteiger partial charge in [0.15, 0.2) is 0 Å². The quantitative estimate of drug-likeness (QED) is 0.514. The average molecular weight is 363 g/mol. The van der Waals surface area contributed by atoms with Gasteiger partial charge in [-0.15, -0.1) is 0 Å². The van der Waals surface area contributed by atoms with Crippen LogP contribution in [-0.4, -0.2) is 33.9 Å². The van der Waals surface area contributed by atoms with Crippen LogP contribution in [0.25, 0.3) is 11.0 Å². The van der Waals surface area contributed by atoms with E-state index >= 15 is 0 Å². The SMILES string of the molecule is O=[N+]([O-])c1ccc2oc(C3C4CCN(CC4)C3Cc3cccnc3)cc2c1. The third kappa shape index (κ3) is 2.90. The lowest BCUT2D eigenvalue weighted by Crippen LogP contribution is -2.54. The number of rotatable bonds is 4. The summed E-state index contributed by atoms with van der Waals surface area (Å²) in [5, 5.41) is 11.9. The average Bonchev–Trinajstić information content (AvgIpc) is 3.12. The number of hydrogen-bond donors (Lipinski definition) is 0. The van der Waals surface area contributed by atoms with E-state index in [2.05, 4.69) is 16.0 Å². The highest BCUT2D eigenvalue weighted by molar-refractivity contribution is 5.80. The lowest BCUT2D eigenvalue weighted by molar-refractivity contribution is -0.384. The fourth-order valence-corrected chi connectivity index (χ4v) is 4.92. The van der Waals surface area contributed by atoms with Crippen LogP contribution in [0, 0.1) is 16.0 Å². The summed E-state index contributed by atoms with van der Waals surface area (Å²) < 4.78 is 6.20. The van der Waals surface area contributed by atoms with Crippen LogP contribution in [0.2, 0.25) is 0 Å². The van der Waals surface area contributed by atoms with E-state index in [9.17, 15) is 10.1 Å². The van der Waals surface area contributed by atoms with Crippen molar-refractivity contribution in [3.63, 3.8) is 0 Å². The second-order valence-electron chi connectivity index (χ2n) is 7.66. The standard InChI is InChI=1S/C21H21N3O3/c25-24(26)17-3-4-19-16(11-17)12-20(27-19)21-15-5-8-23(9-6-15)18(21)10-14-2-1-7-22-13-14/h1-4,7,11-13,15,18,21H,5-6,8-10H2. The number of benzene rings is 1. The number of hydrogen-bond acceptors (Lipinski definition) is 5. The van der Waals surface area contributed by atoms with Crippen molar-refractivity contribution in [3.8, 4) is 0 Å². The molecule has 2 aromatic heterocycles. The van der Waals surface area contributed by atoms with Gasteiger partial charge in [0, 0.05) is 41.9 Å². The Kier molecular flexibility index (Phi) is 3.93. The molecule has 3 saturated heterocycles. The molecule has 3 aliphatic rings. The lowest BCUT2D eigenvalue weighted by atomic mass is 9.71. The second kappa shape index (κ2) is 6.46. The molecule has 0 saturated carbocycles. The van der Waals surface area contributed by atoms with E-state index in [0.29, 0.717) is 17.9 Å². The molecule has 6 nitrogen and oxygen atoms in total. The lowest BCUT2D eigenvalue weighted by Gasteiger charge is -2.50. The monoisotopic (exact) mass is 363 g/mol. The molecule has 3 fully saturated rings. The summed E-state index contributed by atoms with van der Waals surface area (Å²) in [6.07, 6.45) is 7.08. The van der Waals surface area contributed by atoms with Crippen LogP contribution in [0.3, 0.4) is 0 Å². The predicted octanol–water partition coefficient (Wildman–Crippen LogP) is 4.16. The third-order valence-corrected chi connectivity index (χ3v) is 6.19. The molecule has 0 spiro atoms. The number of nitro groups is 1. The molecule has 3 aromatic rings. The van der Waals surface area contributed by atoms with Gasteiger partial charge in [0.25, 0.3) is 5.69 Å². The summed E-state index contributed by atoms with van der Waals surface area (Å²) in [4.78, 5) is 17.6. The van der Waals surface area contributed by atoms with Crippen LogP contribution in [0.1, 0.15) is 30.1 Å². The third-order valence-electron chi connectivity index (χ3n) is 6.19. The van der Waals surface area contributed by atoms with Crippen molar-refractivity contribution >= 4 is 16.7 Å². The van der Waals surface area contributed by atoms with Crippen LogP contribution in [0.4, 0.5) is 5.69 Å². The zero-order valence-electron chi connectivity index (χ0n) is 15.0. The maximum atomic E-state index is 11.1. The number of non-ortho nitro benzene ring substituents is 1. The van der Waals surface area contributed by atoms with Crippen molar-refractivity contribution in [2.75, 3.05) is 13.1 Å². The van der Waals surface area contributed by atoms with E-state index in [4.69, 9.17) is 4.42 Å². The van der Waals surface area contributed by atoms with E-state index < -0.39 is 0 Å². The van der Waals surface area contributed by atoms with Crippen molar-refractivity contribution in [3.05, 3.63) is 70.2 Å². The van der Waals surface area contributed by atoms with Crippen molar-refractivity contribution in [1.82, 2.24) is 9.88 Å². The normalized spacial score (nSPS) is 27.1. The summed E-state index contributed by atoms with van der Waals surface area (Å²) in [7, 11) is 0. The molecule has 6 heteroatoms. The van der Waals surface area contributed by atoms with E-state index in [0.717, 1.165) is 36.2 Å². The van der Waals surface area contributed by atoms with Crippen molar-refractivity contribution in [2.45, 2.75) is 31.2 Å². The van der Waals surface area contributed by atoms with Crippen LogP contribution < -0.4 is 0 Å². The summed E-state index contributed by atoms with van der Waals surface area (Å²) in [5.41, 5.74) is 2.08. The molecule has 27 heavy (non-hydrogen) atoms. The zero-order valence-corrected chi connectivity index (χ0v) is 15.0. The molecule has 5 heterocycles. The second-order valence-corrected chi connectivity index (χ2v) is 7.66. The number of nitro benzene ring substituents is 1. The Hall–Kier alpha value is -2.73. The minimum Gasteiger partial charge on any atom is -0.461 e. The number of aromatic nitrogens is 1. The highest BCUT2D eigenvalue weighted by Crippen LogP contribution is 2.45. The largest absolute Gasteiger partial charge is 0.461 e. The van der Waals surface area contributed by atoms with Crippen molar-refractivity contribution < 1.29 is 9.34 Å². The van der Waals surface area contributed by atoms with Crippen molar-refractivity contribution in [1.29, 1.82) is 0 Å². The Morgan fingerprint density at radius 1 is 1.22 bits per heavy atom. The van der Waals surface area contributed by atoms with Crippen LogP contribution >= 0.6 is 0 Å². The van der Waals surface area contributed by atoms with Gasteiger partial charge in [0.1, 0.15) is 11.3 Å². The summed E-state index contributed by atoms with van der Waals surface area (Å²) in [6, 6.07) is 11.4. The Balaban J connectivity index is 1.52. The number of nitrogens with zero attached hydrogens (tertiary/aromatic N) is 3. The van der Waals surface area contributed by atoms with Gasteiger partial charge in [-0.3, -0.25) is 20.0 Å². The molecule has 138 valence electrons. The van der Waals surface area contributed by atoms with Gasteiger partial charge in [-0.05, 0) is 62.0 Å². The van der Waals surface area contributed by atoms with Gasteiger partial charge >= 0.3 is 0 Å². The molecule has 6 rings (SSSR count). The van der Waals surface area contributed by atoms with E-state index in [1.807, 2.05) is 18.3 Å². The number of pyridine rings is 1. The molecule has 2 unspecified atom stereocenters. The molecule has 2 bridgehead atoms. The molecular weight excluding hydrogens is 342 g/mol. The summed E-state index contributed by atoms with van der Waals surface area (Å²) in [6.45, 7) is 2.27. The van der Waals surface area contributed by atoms with Gasteiger partial charge < -0.3 is 4.42 Å². The van der Waals surface area contributed by atoms with Crippen LogP contribution in [0.5, 0.6) is 0 Å². The topological polar surface area (TPSA) is 72.4 Å². The first kappa shape index (κ1) is 16.4. The van der Waals surface area contributed by atoms with Gasteiger partial charge in [-0.1, -0.05) is 6.07 Å². The number of fused-ring (bicyclic) bond motifs is 4. The Morgan fingerprint density at radius 3 is 2.81 bits per heavy atom. The molecule has 2 atom stereocenters. The number of furan rings is 1. The van der Waals surface area contributed by atoms with E-state index in [1.54, 1.807) is 18.3 Å². The number of piperidine rings is 3. The highest BCUT2D eigenvalue weighted by Gasteiger charge is 2.44. The Bertz CT molecular complexity index is 977. The first-order valence-electron chi connectivity index (χ1n) is 9.50. The fourth-order valence-electron chi connectivity index (χ4n) is 4.92. The molecule has 1 aromatic carbocycles. The van der Waals surface area contributed by atoms with Gasteiger partial charge in [0.2, 0.25) is 0 Å². The first-order chi connectivity index (χ1) is 13.2. The minimum atomic E-state index is -0.356. The van der Waals surface area contributed by atoms with E-state index in [1.165, 1.54) is 24.5 Å². The predicted molar refractivity (Wildman–Crippen MR) is 102 cm³/mol. The maximum Gasteiger partial charge on any atom is 0.270 e. The molecule has 0 N–H and O–H groups in total. The summed E-state index contributed by atoms with van der Waals surface area (Å²) >= 11 is 0. The fraction of sp³-hybridized carbons (Fsp3) is 0.381. The zero-order chi connectivity index (χ0) is 18.4. The van der Waals surface area contributed by atoms with Gasteiger partial charge in [0.05, 0.1) is 4.92 Å². The maximum absolute atomic E-state index is 11.1. The van der Waals surface area contributed by atoms with Gasteiger partial charge in [-0.2, -0.15) is 0 Å².